The number of hydrogen-bond donors (Lipinski definition) is 2. The van der Waals surface area contributed by atoms with Gasteiger partial charge in [-0.1, -0.05) is 26.7 Å². The van der Waals surface area contributed by atoms with Crippen LogP contribution in [0.2, 0.25) is 0 Å². The predicted molar refractivity (Wildman–Crippen MR) is 70.1 cm³/mol. The highest BCUT2D eigenvalue weighted by atomic mass is 16.3. The van der Waals surface area contributed by atoms with Crippen LogP contribution in [0.1, 0.15) is 45.1 Å². The summed E-state index contributed by atoms with van der Waals surface area (Å²) in [6.45, 7) is 6.35. The summed E-state index contributed by atoms with van der Waals surface area (Å²) in [5.41, 5.74) is 2.04. The minimum Gasteiger partial charge on any atom is -0.508 e. The van der Waals surface area contributed by atoms with Gasteiger partial charge in [-0.3, -0.25) is 0 Å². The molecule has 0 aliphatic carbocycles. The van der Waals surface area contributed by atoms with Gasteiger partial charge in [0.25, 0.3) is 0 Å². The molecule has 0 bridgehead atoms. The third-order valence-electron chi connectivity index (χ3n) is 2.97. The van der Waals surface area contributed by atoms with Gasteiger partial charge < -0.3 is 10.4 Å². The monoisotopic (exact) mass is 221 g/mol. The first-order valence-corrected chi connectivity index (χ1v) is 6.23. The van der Waals surface area contributed by atoms with Crippen molar-refractivity contribution in [1.82, 2.24) is 0 Å². The van der Waals surface area contributed by atoms with Gasteiger partial charge in [0.15, 0.2) is 0 Å². The molecule has 1 unspecified atom stereocenters. The quantitative estimate of drug-likeness (QED) is 0.709. The lowest BCUT2D eigenvalue weighted by Crippen LogP contribution is -2.18. The number of benzene rings is 1. The molecule has 0 saturated carbocycles. The van der Waals surface area contributed by atoms with Crippen LogP contribution in [0.4, 0.5) is 5.69 Å². The standard InChI is InChI=1S/C14H23NO/c1-4-6-7-12(5-2)15-13-8-9-14(16)11(3)10-13/h8-10,12,15-16H,4-7H2,1-3H3. The van der Waals surface area contributed by atoms with Gasteiger partial charge in [-0.25, -0.2) is 0 Å². The SMILES string of the molecule is CCCCC(CC)Nc1ccc(O)c(C)c1. The normalized spacial score (nSPS) is 12.4. The molecule has 2 N–H and O–H groups in total. The van der Waals surface area contributed by atoms with E-state index in [0.717, 1.165) is 17.7 Å². The lowest BCUT2D eigenvalue weighted by Gasteiger charge is -2.18. The maximum absolute atomic E-state index is 9.45. The van der Waals surface area contributed by atoms with E-state index in [1.54, 1.807) is 6.07 Å². The van der Waals surface area contributed by atoms with Crippen molar-refractivity contribution >= 4 is 5.69 Å². The summed E-state index contributed by atoms with van der Waals surface area (Å²) in [7, 11) is 0. The number of aromatic hydroxyl groups is 1. The van der Waals surface area contributed by atoms with E-state index in [1.807, 2.05) is 19.1 Å². The second kappa shape index (κ2) is 6.41. The van der Waals surface area contributed by atoms with Gasteiger partial charge in [-0.2, -0.15) is 0 Å². The summed E-state index contributed by atoms with van der Waals surface area (Å²) in [6.07, 6.45) is 4.86. The molecule has 2 heteroatoms. The van der Waals surface area contributed by atoms with E-state index in [1.165, 1.54) is 19.3 Å². The maximum atomic E-state index is 9.45. The van der Waals surface area contributed by atoms with Crippen LogP contribution in [0, 0.1) is 6.92 Å². The average Bonchev–Trinajstić information content (AvgIpc) is 2.29. The first kappa shape index (κ1) is 12.9. The lowest BCUT2D eigenvalue weighted by atomic mass is 10.1. The fraction of sp³-hybridized carbons (Fsp3) is 0.571. The van der Waals surface area contributed by atoms with Gasteiger partial charge in [0.05, 0.1) is 0 Å². The van der Waals surface area contributed by atoms with Crippen LogP contribution in [-0.2, 0) is 0 Å². The van der Waals surface area contributed by atoms with Gasteiger partial charge in [0.2, 0.25) is 0 Å². The Hall–Kier alpha value is -1.18. The van der Waals surface area contributed by atoms with Crippen molar-refractivity contribution in [1.29, 1.82) is 0 Å². The molecule has 0 aliphatic heterocycles. The van der Waals surface area contributed by atoms with Crippen LogP contribution < -0.4 is 5.32 Å². The van der Waals surface area contributed by atoms with Gasteiger partial charge in [0, 0.05) is 11.7 Å². The Kier molecular flexibility index (Phi) is 5.17. The van der Waals surface area contributed by atoms with Crippen LogP contribution in [0.3, 0.4) is 0 Å². The molecule has 0 saturated heterocycles. The van der Waals surface area contributed by atoms with Crippen molar-refractivity contribution in [3.8, 4) is 5.75 Å². The highest BCUT2D eigenvalue weighted by molar-refractivity contribution is 5.50. The zero-order valence-corrected chi connectivity index (χ0v) is 10.6. The zero-order chi connectivity index (χ0) is 12.0. The molecule has 16 heavy (non-hydrogen) atoms. The number of rotatable bonds is 6. The van der Waals surface area contributed by atoms with Crippen LogP contribution in [0.15, 0.2) is 18.2 Å². The van der Waals surface area contributed by atoms with Crippen molar-refractivity contribution in [2.75, 3.05) is 5.32 Å². The molecular weight excluding hydrogens is 198 g/mol. The lowest BCUT2D eigenvalue weighted by molar-refractivity contribution is 0.471. The molecule has 1 aromatic carbocycles. The molecule has 0 fully saturated rings. The highest BCUT2D eigenvalue weighted by Crippen LogP contribution is 2.21. The zero-order valence-electron chi connectivity index (χ0n) is 10.6. The Labute approximate surface area is 98.7 Å². The molecular formula is C14H23NO. The molecule has 2 nitrogen and oxygen atoms in total. The van der Waals surface area contributed by atoms with Crippen LogP contribution in [-0.4, -0.2) is 11.1 Å². The van der Waals surface area contributed by atoms with E-state index in [0.29, 0.717) is 11.8 Å². The Balaban J connectivity index is 2.59. The van der Waals surface area contributed by atoms with Crippen molar-refractivity contribution in [3.05, 3.63) is 23.8 Å². The average molecular weight is 221 g/mol. The third-order valence-corrected chi connectivity index (χ3v) is 2.97. The van der Waals surface area contributed by atoms with E-state index < -0.39 is 0 Å². The van der Waals surface area contributed by atoms with Crippen LogP contribution in [0.5, 0.6) is 5.75 Å². The number of nitrogens with one attached hydrogen (secondary N) is 1. The number of unbranched alkanes of at least 4 members (excludes halogenated alkanes) is 1. The molecule has 1 aromatic rings. The van der Waals surface area contributed by atoms with Crippen molar-refractivity contribution < 1.29 is 5.11 Å². The molecule has 0 radical (unpaired) electrons. The summed E-state index contributed by atoms with van der Waals surface area (Å²) < 4.78 is 0. The number of phenols is 1. The summed E-state index contributed by atoms with van der Waals surface area (Å²) in [5.74, 6) is 0.368. The number of hydrogen-bond acceptors (Lipinski definition) is 2. The molecule has 0 amide bonds. The summed E-state index contributed by atoms with van der Waals surface area (Å²) in [4.78, 5) is 0. The topological polar surface area (TPSA) is 32.3 Å². The van der Waals surface area contributed by atoms with Crippen LogP contribution in [0.25, 0.3) is 0 Å². The Bertz CT molecular complexity index is 323. The van der Waals surface area contributed by atoms with Crippen molar-refractivity contribution in [2.45, 2.75) is 52.5 Å². The van der Waals surface area contributed by atoms with E-state index in [9.17, 15) is 5.11 Å². The second-order valence-corrected chi connectivity index (χ2v) is 4.39. The fourth-order valence-corrected chi connectivity index (χ4v) is 1.81. The largest absolute Gasteiger partial charge is 0.508 e. The van der Waals surface area contributed by atoms with E-state index in [-0.39, 0.29) is 0 Å². The smallest absolute Gasteiger partial charge is 0.118 e. The van der Waals surface area contributed by atoms with Gasteiger partial charge in [-0.15, -0.1) is 0 Å². The highest BCUT2D eigenvalue weighted by Gasteiger charge is 2.06. The first-order valence-electron chi connectivity index (χ1n) is 6.23. The Morgan fingerprint density at radius 3 is 2.62 bits per heavy atom. The third kappa shape index (κ3) is 3.76. The Morgan fingerprint density at radius 2 is 2.06 bits per heavy atom. The summed E-state index contributed by atoms with van der Waals surface area (Å²) >= 11 is 0. The Morgan fingerprint density at radius 1 is 1.31 bits per heavy atom. The van der Waals surface area contributed by atoms with E-state index in [4.69, 9.17) is 0 Å². The molecule has 1 rings (SSSR count). The molecule has 0 spiro atoms. The molecule has 90 valence electrons. The number of phenolic OH excluding ortho intramolecular Hbond substituents is 1. The van der Waals surface area contributed by atoms with Gasteiger partial charge in [-0.05, 0) is 43.5 Å². The molecule has 0 aromatic heterocycles. The number of anilines is 1. The van der Waals surface area contributed by atoms with Gasteiger partial charge in [0.1, 0.15) is 5.75 Å². The summed E-state index contributed by atoms with van der Waals surface area (Å²) in [6, 6.07) is 6.24. The molecule has 0 heterocycles. The van der Waals surface area contributed by atoms with Crippen molar-refractivity contribution in [2.24, 2.45) is 0 Å². The predicted octanol–water partition coefficient (Wildman–Crippen LogP) is 4.08. The second-order valence-electron chi connectivity index (χ2n) is 4.39. The molecule has 1 atom stereocenters. The van der Waals surface area contributed by atoms with E-state index >= 15 is 0 Å². The number of aryl methyl sites for hydroxylation is 1. The minimum absolute atomic E-state index is 0.368. The van der Waals surface area contributed by atoms with E-state index in [2.05, 4.69) is 19.2 Å². The van der Waals surface area contributed by atoms with Crippen molar-refractivity contribution in [3.63, 3.8) is 0 Å². The fourth-order valence-electron chi connectivity index (χ4n) is 1.81. The van der Waals surface area contributed by atoms with Gasteiger partial charge >= 0.3 is 0 Å². The minimum atomic E-state index is 0.368. The maximum Gasteiger partial charge on any atom is 0.118 e. The van der Waals surface area contributed by atoms with Crippen LogP contribution >= 0.6 is 0 Å². The molecule has 0 aliphatic rings. The summed E-state index contributed by atoms with van der Waals surface area (Å²) in [5, 5.41) is 13.0. The first-order chi connectivity index (χ1) is 7.67.